The van der Waals surface area contributed by atoms with Crippen LogP contribution in [0.5, 0.6) is 5.75 Å². The summed E-state index contributed by atoms with van der Waals surface area (Å²) in [6.45, 7) is 2.89. The summed E-state index contributed by atoms with van der Waals surface area (Å²) in [5, 5.41) is 0. The highest BCUT2D eigenvalue weighted by Crippen LogP contribution is 2.29. The van der Waals surface area contributed by atoms with E-state index in [1.165, 1.54) is 0 Å². The molecule has 0 aliphatic rings. The fourth-order valence-corrected chi connectivity index (χ4v) is 1.82. The van der Waals surface area contributed by atoms with E-state index in [9.17, 15) is 22.4 Å². The molecule has 0 spiro atoms. The van der Waals surface area contributed by atoms with Crippen LogP contribution in [0.25, 0.3) is 0 Å². The maximum absolute atomic E-state index is 13.6. The number of hydrogen-bond donors (Lipinski definition) is 0. The summed E-state index contributed by atoms with van der Waals surface area (Å²) in [7, 11) is 1.57. The number of rotatable bonds is 13. The Bertz CT molecular complexity index is 583. The Morgan fingerprint density at radius 2 is 1.19 bits per heavy atom. The third-order valence-electron chi connectivity index (χ3n) is 3.28. The second kappa shape index (κ2) is 12.6. The molecule has 0 aliphatic heterocycles. The molecular weight excluding hydrogens is 376 g/mol. The zero-order chi connectivity index (χ0) is 20.2. The van der Waals surface area contributed by atoms with E-state index in [0.717, 1.165) is 6.92 Å². The Kier molecular flexibility index (Phi) is 10.9. The summed E-state index contributed by atoms with van der Waals surface area (Å²) >= 11 is 0. The number of benzene rings is 1. The normalized spacial score (nSPS) is 11.0. The topological polar surface area (TPSA) is 63.2 Å². The van der Waals surface area contributed by atoms with Crippen LogP contribution in [0.15, 0.2) is 0 Å². The minimum absolute atomic E-state index is 0.118. The van der Waals surface area contributed by atoms with Gasteiger partial charge in [-0.1, -0.05) is 0 Å². The number of ether oxygens (including phenoxy) is 5. The third kappa shape index (κ3) is 7.79. The minimum atomic E-state index is -1.76. The molecule has 0 heterocycles. The predicted molar refractivity (Wildman–Crippen MR) is 85.6 cm³/mol. The van der Waals surface area contributed by atoms with Gasteiger partial charge in [-0.15, -0.1) is 0 Å². The van der Waals surface area contributed by atoms with Crippen LogP contribution in [0.2, 0.25) is 0 Å². The molecule has 0 aromatic heterocycles. The van der Waals surface area contributed by atoms with Crippen molar-refractivity contribution in [3.63, 3.8) is 0 Å². The van der Waals surface area contributed by atoms with Crippen molar-refractivity contribution in [3.05, 3.63) is 28.8 Å². The van der Waals surface area contributed by atoms with Crippen LogP contribution in [0.3, 0.4) is 0 Å². The van der Waals surface area contributed by atoms with E-state index in [0.29, 0.717) is 26.4 Å². The SMILES string of the molecule is COCCOCCOCCOCCC(=O)Oc1c(F)c(F)c(C)c(F)c1F. The van der Waals surface area contributed by atoms with E-state index in [4.69, 9.17) is 18.9 Å². The molecule has 27 heavy (non-hydrogen) atoms. The number of carbonyl (C=O) groups is 1. The van der Waals surface area contributed by atoms with Gasteiger partial charge < -0.3 is 23.7 Å². The summed E-state index contributed by atoms with van der Waals surface area (Å²) in [6.07, 6.45) is -0.365. The molecule has 0 fully saturated rings. The van der Waals surface area contributed by atoms with Crippen molar-refractivity contribution in [2.24, 2.45) is 0 Å². The van der Waals surface area contributed by atoms with Crippen molar-refractivity contribution >= 4 is 5.97 Å². The van der Waals surface area contributed by atoms with Gasteiger partial charge in [0, 0.05) is 12.7 Å². The molecule has 154 valence electrons. The van der Waals surface area contributed by atoms with Crippen molar-refractivity contribution in [1.29, 1.82) is 0 Å². The lowest BCUT2D eigenvalue weighted by molar-refractivity contribution is -0.136. The largest absolute Gasteiger partial charge is 0.420 e. The van der Waals surface area contributed by atoms with Gasteiger partial charge in [0.1, 0.15) is 0 Å². The van der Waals surface area contributed by atoms with Gasteiger partial charge in [0.25, 0.3) is 0 Å². The molecule has 0 amide bonds. The fourth-order valence-electron chi connectivity index (χ4n) is 1.82. The van der Waals surface area contributed by atoms with Gasteiger partial charge in [-0.25, -0.2) is 8.78 Å². The van der Waals surface area contributed by atoms with Gasteiger partial charge in [-0.05, 0) is 6.92 Å². The van der Waals surface area contributed by atoms with E-state index in [2.05, 4.69) is 4.74 Å². The molecule has 0 saturated heterocycles. The minimum Gasteiger partial charge on any atom is -0.420 e. The number of carbonyl (C=O) groups excluding carboxylic acids is 1. The molecule has 0 saturated carbocycles. The average molecular weight is 398 g/mol. The van der Waals surface area contributed by atoms with Gasteiger partial charge in [0.05, 0.1) is 52.7 Å². The molecule has 0 N–H and O–H groups in total. The third-order valence-corrected chi connectivity index (χ3v) is 3.28. The van der Waals surface area contributed by atoms with E-state index in [1.807, 2.05) is 0 Å². The first kappa shape index (κ1) is 23.3. The fraction of sp³-hybridized carbons (Fsp3) is 0.588. The Balaban J connectivity index is 2.22. The lowest BCUT2D eigenvalue weighted by atomic mass is 10.2. The van der Waals surface area contributed by atoms with E-state index in [-0.39, 0.29) is 26.2 Å². The predicted octanol–water partition coefficient (Wildman–Crippen LogP) is 2.54. The van der Waals surface area contributed by atoms with Crippen LogP contribution in [0.1, 0.15) is 12.0 Å². The van der Waals surface area contributed by atoms with Crippen LogP contribution in [-0.2, 0) is 23.7 Å². The van der Waals surface area contributed by atoms with Crippen molar-refractivity contribution in [3.8, 4) is 5.75 Å². The Labute approximate surface area is 154 Å². The monoisotopic (exact) mass is 398 g/mol. The molecule has 1 rings (SSSR count). The number of halogens is 4. The quantitative estimate of drug-likeness (QED) is 0.167. The van der Waals surface area contributed by atoms with Crippen LogP contribution in [0, 0.1) is 30.2 Å². The highest BCUT2D eigenvalue weighted by molar-refractivity contribution is 5.72. The zero-order valence-electron chi connectivity index (χ0n) is 15.1. The highest BCUT2D eigenvalue weighted by Gasteiger charge is 2.26. The van der Waals surface area contributed by atoms with E-state index >= 15 is 0 Å². The lowest BCUT2D eigenvalue weighted by Crippen LogP contribution is -2.16. The van der Waals surface area contributed by atoms with Crippen LogP contribution >= 0.6 is 0 Å². The molecule has 1 aromatic rings. The zero-order valence-corrected chi connectivity index (χ0v) is 15.1. The smallest absolute Gasteiger partial charge is 0.313 e. The molecule has 0 aliphatic carbocycles. The lowest BCUT2D eigenvalue weighted by Gasteiger charge is -2.10. The van der Waals surface area contributed by atoms with Crippen LogP contribution in [-0.4, -0.2) is 59.3 Å². The Morgan fingerprint density at radius 3 is 1.67 bits per heavy atom. The average Bonchev–Trinajstić information content (AvgIpc) is 2.66. The van der Waals surface area contributed by atoms with Crippen LogP contribution < -0.4 is 4.74 Å². The molecule has 0 bridgehead atoms. The first-order valence-corrected chi connectivity index (χ1v) is 8.15. The van der Waals surface area contributed by atoms with Gasteiger partial charge in [0.15, 0.2) is 11.6 Å². The number of hydrogen-bond acceptors (Lipinski definition) is 6. The van der Waals surface area contributed by atoms with Crippen LogP contribution in [0.4, 0.5) is 17.6 Å². The molecule has 0 atom stereocenters. The standard InChI is InChI=1S/C17H22F4O6/c1-11-13(18)15(20)17(16(21)14(11)19)27-12(22)3-4-24-7-8-26-10-9-25-6-5-23-2/h3-10H2,1-2H3. The summed E-state index contributed by atoms with van der Waals surface area (Å²) in [5.74, 6) is -9.25. The summed E-state index contributed by atoms with van der Waals surface area (Å²) in [6, 6.07) is 0. The van der Waals surface area contributed by atoms with Gasteiger partial charge in [-0.3, -0.25) is 4.79 Å². The van der Waals surface area contributed by atoms with Gasteiger partial charge in [0.2, 0.25) is 17.4 Å². The Morgan fingerprint density at radius 1 is 0.741 bits per heavy atom. The first-order valence-electron chi connectivity index (χ1n) is 8.15. The number of esters is 1. The Hall–Kier alpha value is -1.75. The van der Waals surface area contributed by atoms with Crippen molar-refractivity contribution in [2.45, 2.75) is 13.3 Å². The molecule has 0 radical (unpaired) electrons. The van der Waals surface area contributed by atoms with Crippen molar-refractivity contribution in [2.75, 3.05) is 53.4 Å². The van der Waals surface area contributed by atoms with Crippen molar-refractivity contribution < 1.29 is 46.0 Å². The second-order valence-electron chi connectivity index (χ2n) is 5.26. The number of methoxy groups -OCH3 is 1. The van der Waals surface area contributed by atoms with E-state index < -0.39 is 40.6 Å². The first-order chi connectivity index (χ1) is 12.9. The molecule has 10 heteroatoms. The molecular formula is C17H22F4O6. The second-order valence-corrected chi connectivity index (χ2v) is 5.26. The van der Waals surface area contributed by atoms with Gasteiger partial charge in [-0.2, -0.15) is 8.78 Å². The summed E-state index contributed by atoms with van der Waals surface area (Å²) in [5.41, 5.74) is -0.836. The van der Waals surface area contributed by atoms with E-state index in [1.54, 1.807) is 7.11 Å². The maximum atomic E-state index is 13.6. The maximum Gasteiger partial charge on any atom is 0.313 e. The summed E-state index contributed by atoms with van der Waals surface area (Å²) < 4.78 is 78.6. The molecule has 6 nitrogen and oxygen atoms in total. The highest BCUT2D eigenvalue weighted by atomic mass is 19.2. The summed E-state index contributed by atoms with van der Waals surface area (Å²) in [4.78, 5) is 11.5. The van der Waals surface area contributed by atoms with Gasteiger partial charge >= 0.3 is 5.97 Å². The molecule has 0 unspecified atom stereocenters. The molecule has 1 aromatic carbocycles. The van der Waals surface area contributed by atoms with Crippen molar-refractivity contribution in [1.82, 2.24) is 0 Å².